The fourth-order valence-electron chi connectivity index (χ4n) is 1.99. The van der Waals surface area contributed by atoms with Gasteiger partial charge in [0.05, 0.1) is 5.60 Å². The molecular weight excluding hydrogens is 186 g/mol. The van der Waals surface area contributed by atoms with Crippen LogP contribution >= 0.6 is 0 Å². The van der Waals surface area contributed by atoms with Crippen molar-refractivity contribution in [2.45, 2.75) is 39.0 Å². The molecule has 0 amide bonds. The van der Waals surface area contributed by atoms with Gasteiger partial charge in [-0.25, -0.2) is 0 Å². The summed E-state index contributed by atoms with van der Waals surface area (Å²) in [4.78, 5) is 2.39. The molecule has 1 aromatic rings. The number of aliphatic hydroxyl groups is 1. The quantitative estimate of drug-likeness (QED) is 0.817. The van der Waals surface area contributed by atoms with E-state index in [1.807, 2.05) is 13.8 Å². The number of hydrogen-bond acceptors (Lipinski definition) is 2. The third-order valence-electron chi connectivity index (χ3n) is 2.95. The molecule has 2 rings (SSSR count). The SMILES string of the molecule is CC(C)(O)CCN1Cc2ccccc2C1. The lowest BCUT2D eigenvalue weighted by Gasteiger charge is -2.21. The summed E-state index contributed by atoms with van der Waals surface area (Å²) in [7, 11) is 0. The van der Waals surface area contributed by atoms with Crippen molar-refractivity contribution in [3.63, 3.8) is 0 Å². The van der Waals surface area contributed by atoms with Crippen molar-refractivity contribution in [3.8, 4) is 0 Å². The van der Waals surface area contributed by atoms with Crippen LogP contribution in [-0.2, 0) is 13.1 Å². The van der Waals surface area contributed by atoms with Gasteiger partial charge in [0.25, 0.3) is 0 Å². The third kappa shape index (κ3) is 2.80. The Morgan fingerprint density at radius 2 is 1.73 bits per heavy atom. The zero-order valence-corrected chi connectivity index (χ0v) is 9.53. The highest BCUT2D eigenvalue weighted by Gasteiger charge is 2.20. The second-order valence-corrected chi connectivity index (χ2v) is 5.04. The van der Waals surface area contributed by atoms with E-state index >= 15 is 0 Å². The highest BCUT2D eigenvalue weighted by atomic mass is 16.3. The Morgan fingerprint density at radius 1 is 1.20 bits per heavy atom. The van der Waals surface area contributed by atoms with Crippen molar-refractivity contribution in [2.24, 2.45) is 0 Å². The molecule has 0 radical (unpaired) electrons. The van der Waals surface area contributed by atoms with Gasteiger partial charge in [-0.2, -0.15) is 0 Å². The smallest absolute Gasteiger partial charge is 0.0603 e. The minimum absolute atomic E-state index is 0.547. The van der Waals surface area contributed by atoms with E-state index in [1.165, 1.54) is 11.1 Å². The van der Waals surface area contributed by atoms with Crippen LogP contribution in [0, 0.1) is 0 Å². The molecule has 0 aliphatic carbocycles. The molecule has 82 valence electrons. The van der Waals surface area contributed by atoms with Crippen LogP contribution in [0.5, 0.6) is 0 Å². The maximum Gasteiger partial charge on any atom is 0.0603 e. The first-order valence-electron chi connectivity index (χ1n) is 5.56. The molecular formula is C13H19NO. The predicted molar refractivity (Wildman–Crippen MR) is 61.5 cm³/mol. The Hall–Kier alpha value is -0.860. The number of nitrogens with zero attached hydrogens (tertiary/aromatic N) is 1. The first-order chi connectivity index (χ1) is 7.04. The largest absolute Gasteiger partial charge is 0.390 e. The molecule has 1 aliphatic heterocycles. The number of fused-ring (bicyclic) bond motifs is 1. The molecule has 0 saturated heterocycles. The van der Waals surface area contributed by atoms with Crippen LogP contribution in [0.1, 0.15) is 31.4 Å². The van der Waals surface area contributed by atoms with Gasteiger partial charge in [-0.3, -0.25) is 4.90 Å². The zero-order valence-electron chi connectivity index (χ0n) is 9.53. The van der Waals surface area contributed by atoms with Gasteiger partial charge in [-0.1, -0.05) is 24.3 Å². The van der Waals surface area contributed by atoms with Gasteiger partial charge in [-0.15, -0.1) is 0 Å². The van der Waals surface area contributed by atoms with E-state index in [0.717, 1.165) is 26.1 Å². The minimum Gasteiger partial charge on any atom is -0.390 e. The number of benzene rings is 1. The van der Waals surface area contributed by atoms with E-state index < -0.39 is 5.60 Å². The number of hydrogen-bond donors (Lipinski definition) is 1. The van der Waals surface area contributed by atoms with Gasteiger partial charge in [0.1, 0.15) is 0 Å². The zero-order chi connectivity index (χ0) is 10.9. The van der Waals surface area contributed by atoms with Gasteiger partial charge < -0.3 is 5.11 Å². The molecule has 0 fully saturated rings. The van der Waals surface area contributed by atoms with E-state index in [9.17, 15) is 5.11 Å². The first-order valence-corrected chi connectivity index (χ1v) is 5.56. The van der Waals surface area contributed by atoms with Crippen LogP contribution in [0.2, 0.25) is 0 Å². The lowest BCUT2D eigenvalue weighted by molar-refractivity contribution is 0.0572. The Kier molecular flexibility index (Phi) is 2.81. The van der Waals surface area contributed by atoms with Crippen LogP contribution < -0.4 is 0 Å². The minimum atomic E-state index is -0.547. The Bertz CT molecular complexity index is 316. The molecule has 2 nitrogen and oxygen atoms in total. The molecule has 0 bridgehead atoms. The second-order valence-electron chi connectivity index (χ2n) is 5.04. The molecule has 1 heterocycles. The average molecular weight is 205 g/mol. The molecule has 1 aliphatic rings. The Morgan fingerprint density at radius 3 is 2.20 bits per heavy atom. The van der Waals surface area contributed by atoms with Gasteiger partial charge in [0.2, 0.25) is 0 Å². The average Bonchev–Trinajstić information content (AvgIpc) is 2.56. The summed E-state index contributed by atoms with van der Waals surface area (Å²) in [5, 5.41) is 9.67. The summed E-state index contributed by atoms with van der Waals surface area (Å²) in [6, 6.07) is 8.58. The van der Waals surface area contributed by atoms with Crippen LogP contribution in [0.25, 0.3) is 0 Å². The highest BCUT2D eigenvalue weighted by molar-refractivity contribution is 5.30. The maximum absolute atomic E-state index is 9.67. The molecule has 0 aromatic heterocycles. The van der Waals surface area contributed by atoms with E-state index in [-0.39, 0.29) is 0 Å². The van der Waals surface area contributed by atoms with Gasteiger partial charge >= 0.3 is 0 Å². The Balaban J connectivity index is 1.91. The lowest BCUT2D eigenvalue weighted by Crippen LogP contribution is -2.27. The predicted octanol–water partition coefficient (Wildman–Crippen LogP) is 2.16. The van der Waals surface area contributed by atoms with Gasteiger partial charge in [0, 0.05) is 19.6 Å². The second kappa shape index (κ2) is 3.95. The standard InChI is InChI=1S/C13H19NO/c1-13(2,15)7-8-14-9-11-5-3-4-6-12(11)10-14/h3-6,15H,7-10H2,1-2H3. The topological polar surface area (TPSA) is 23.5 Å². The molecule has 0 unspecified atom stereocenters. The van der Waals surface area contributed by atoms with Crippen LogP contribution in [0.4, 0.5) is 0 Å². The fraction of sp³-hybridized carbons (Fsp3) is 0.538. The fourth-order valence-corrected chi connectivity index (χ4v) is 1.99. The van der Waals surface area contributed by atoms with Gasteiger partial charge in [-0.05, 0) is 31.4 Å². The van der Waals surface area contributed by atoms with Crippen LogP contribution in [0.3, 0.4) is 0 Å². The summed E-state index contributed by atoms with van der Waals surface area (Å²) < 4.78 is 0. The molecule has 1 aromatic carbocycles. The summed E-state index contributed by atoms with van der Waals surface area (Å²) in [5.41, 5.74) is 2.33. The van der Waals surface area contributed by atoms with Crippen molar-refractivity contribution in [2.75, 3.05) is 6.54 Å². The van der Waals surface area contributed by atoms with E-state index in [0.29, 0.717) is 0 Å². The van der Waals surface area contributed by atoms with E-state index in [1.54, 1.807) is 0 Å². The number of rotatable bonds is 3. The van der Waals surface area contributed by atoms with E-state index in [4.69, 9.17) is 0 Å². The monoisotopic (exact) mass is 205 g/mol. The van der Waals surface area contributed by atoms with Crippen molar-refractivity contribution < 1.29 is 5.11 Å². The van der Waals surface area contributed by atoms with E-state index in [2.05, 4.69) is 29.2 Å². The third-order valence-corrected chi connectivity index (χ3v) is 2.95. The summed E-state index contributed by atoms with van der Waals surface area (Å²) >= 11 is 0. The van der Waals surface area contributed by atoms with Crippen LogP contribution in [0.15, 0.2) is 24.3 Å². The molecule has 0 saturated carbocycles. The van der Waals surface area contributed by atoms with Crippen molar-refractivity contribution in [1.82, 2.24) is 4.90 Å². The Labute approximate surface area is 91.5 Å². The van der Waals surface area contributed by atoms with Crippen LogP contribution in [-0.4, -0.2) is 22.2 Å². The summed E-state index contributed by atoms with van der Waals surface area (Å²) in [5.74, 6) is 0. The lowest BCUT2D eigenvalue weighted by atomic mass is 10.1. The van der Waals surface area contributed by atoms with Crippen molar-refractivity contribution >= 4 is 0 Å². The molecule has 0 atom stereocenters. The molecule has 15 heavy (non-hydrogen) atoms. The molecule has 0 spiro atoms. The molecule has 1 N–H and O–H groups in total. The maximum atomic E-state index is 9.67. The van der Waals surface area contributed by atoms with Crippen molar-refractivity contribution in [3.05, 3.63) is 35.4 Å². The van der Waals surface area contributed by atoms with Crippen molar-refractivity contribution in [1.29, 1.82) is 0 Å². The normalized spacial score (nSPS) is 16.7. The molecule has 2 heteroatoms. The summed E-state index contributed by atoms with van der Waals surface area (Å²) in [6.07, 6.45) is 0.834. The first kappa shape index (κ1) is 10.7. The highest BCUT2D eigenvalue weighted by Crippen LogP contribution is 2.23. The summed E-state index contributed by atoms with van der Waals surface area (Å²) in [6.45, 7) is 6.78. The van der Waals surface area contributed by atoms with Gasteiger partial charge in [0.15, 0.2) is 0 Å².